The number of carbonyl (C=O) groups excluding carboxylic acids is 2. The van der Waals surface area contributed by atoms with Crippen LogP contribution in [0.25, 0.3) is 0 Å². The van der Waals surface area contributed by atoms with Crippen LogP contribution in [-0.4, -0.2) is 53.6 Å². The monoisotopic (exact) mass is 352 g/mol. The molecule has 0 atom stereocenters. The first-order chi connectivity index (χ1) is 11.7. The van der Waals surface area contributed by atoms with Gasteiger partial charge in [0.2, 0.25) is 0 Å². The zero-order chi connectivity index (χ0) is 18.6. The van der Waals surface area contributed by atoms with Crippen molar-refractivity contribution in [3.8, 4) is 0 Å². The Kier molecular flexibility index (Phi) is 6.21. The molecule has 0 spiro atoms. The largest absolute Gasteiger partial charge is 0.511 e. The minimum absolute atomic E-state index is 0.0520. The fraction of sp³-hybridized carbons (Fsp3) is 0.722. The first kappa shape index (κ1) is 19.4. The highest BCUT2D eigenvalue weighted by atomic mass is 16.6. The molecule has 0 saturated heterocycles. The number of Topliss-reactive ketones (excluding diaryl/α,β-unsaturated/α-hetero) is 1. The third-order valence-electron chi connectivity index (χ3n) is 3.96. The molecule has 0 unspecified atom stereocenters. The van der Waals surface area contributed by atoms with Crippen molar-refractivity contribution in [2.24, 2.45) is 11.0 Å². The van der Waals surface area contributed by atoms with Crippen LogP contribution in [0.15, 0.2) is 16.4 Å². The van der Waals surface area contributed by atoms with E-state index in [1.807, 2.05) is 0 Å². The van der Waals surface area contributed by atoms with Gasteiger partial charge in [0.1, 0.15) is 11.4 Å². The molecule has 1 N–H and O–H groups in total. The van der Waals surface area contributed by atoms with Crippen molar-refractivity contribution in [2.45, 2.75) is 58.5 Å². The predicted octanol–water partition coefficient (Wildman–Crippen LogP) is 3.20. The van der Waals surface area contributed by atoms with Crippen molar-refractivity contribution in [3.63, 3.8) is 0 Å². The summed E-state index contributed by atoms with van der Waals surface area (Å²) in [6.45, 7) is 5.83. The predicted molar refractivity (Wildman–Crippen MR) is 93.5 cm³/mol. The number of hydrazone groups is 1. The average Bonchev–Trinajstić information content (AvgIpc) is 3.34. The van der Waals surface area contributed by atoms with Gasteiger partial charge in [-0.05, 0) is 46.5 Å². The van der Waals surface area contributed by atoms with E-state index in [1.54, 1.807) is 20.8 Å². The van der Waals surface area contributed by atoms with Gasteiger partial charge in [-0.15, -0.1) is 0 Å². The van der Waals surface area contributed by atoms with Crippen LogP contribution < -0.4 is 0 Å². The van der Waals surface area contributed by atoms with E-state index in [-0.39, 0.29) is 30.6 Å². The van der Waals surface area contributed by atoms with Gasteiger partial charge in [-0.1, -0.05) is 0 Å². The molecule has 0 aromatic heterocycles. The summed E-state index contributed by atoms with van der Waals surface area (Å²) in [6, 6.07) is 0. The zero-order valence-electron chi connectivity index (χ0n) is 15.5. The molecule has 7 nitrogen and oxygen atoms in total. The fourth-order valence-corrected chi connectivity index (χ4v) is 2.60. The Hall–Kier alpha value is -1.89. The van der Waals surface area contributed by atoms with Crippen LogP contribution in [-0.2, 0) is 14.3 Å². The number of aliphatic hydroxyl groups excluding tert-OH is 1. The number of carbonyl (C=O) groups is 2. The Labute approximate surface area is 148 Å². The van der Waals surface area contributed by atoms with Gasteiger partial charge in [0.25, 0.3) is 0 Å². The van der Waals surface area contributed by atoms with Crippen molar-refractivity contribution in [3.05, 3.63) is 11.3 Å². The number of ketones is 1. The van der Waals surface area contributed by atoms with E-state index in [0.717, 1.165) is 12.8 Å². The minimum atomic E-state index is -0.653. The molecule has 0 bridgehead atoms. The molecule has 7 heteroatoms. The molecular formula is C18H28N2O5. The highest BCUT2D eigenvalue weighted by Gasteiger charge is 2.35. The topological polar surface area (TPSA) is 88.4 Å². The molecule has 2 aliphatic carbocycles. The molecule has 25 heavy (non-hydrogen) atoms. The number of ether oxygens (including phenoxy) is 2. The standard InChI is InChI=1S/C18H28N2O5/c1-18(2,3)25-17(23)20(10-11-24-4)19-13-6-5-7-14(21)15(13)16(22)12-8-9-12/h12,22H,5-11H2,1-4H3. The van der Waals surface area contributed by atoms with Crippen molar-refractivity contribution in [1.82, 2.24) is 5.01 Å². The van der Waals surface area contributed by atoms with Crippen molar-refractivity contribution >= 4 is 17.6 Å². The van der Waals surface area contributed by atoms with Gasteiger partial charge in [0.15, 0.2) is 5.78 Å². The number of hydrogen-bond donors (Lipinski definition) is 1. The molecule has 2 saturated carbocycles. The first-order valence-electron chi connectivity index (χ1n) is 8.76. The highest BCUT2D eigenvalue weighted by molar-refractivity contribution is 6.24. The Morgan fingerprint density at radius 1 is 1.32 bits per heavy atom. The lowest BCUT2D eigenvalue weighted by Crippen LogP contribution is -2.37. The quantitative estimate of drug-likeness (QED) is 0.466. The molecule has 0 aromatic carbocycles. The number of aliphatic hydroxyl groups is 1. The van der Waals surface area contributed by atoms with E-state index in [0.29, 0.717) is 30.5 Å². The van der Waals surface area contributed by atoms with Gasteiger partial charge in [0, 0.05) is 19.4 Å². The Morgan fingerprint density at radius 3 is 2.56 bits per heavy atom. The molecule has 2 aliphatic rings. The number of rotatable bonds is 5. The third kappa shape index (κ3) is 5.56. The lowest BCUT2D eigenvalue weighted by Gasteiger charge is -2.26. The van der Waals surface area contributed by atoms with E-state index in [9.17, 15) is 14.7 Å². The number of methoxy groups -OCH3 is 1. The van der Waals surface area contributed by atoms with Crippen LogP contribution in [0.1, 0.15) is 52.9 Å². The second-order valence-electron chi connectivity index (χ2n) is 7.45. The van der Waals surface area contributed by atoms with Gasteiger partial charge >= 0.3 is 6.09 Å². The molecular weight excluding hydrogens is 324 g/mol. The second-order valence-corrected chi connectivity index (χ2v) is 7.45. The van der Waals surface area contributed by atoms with Crippen LogP contribution in [0.2, 0.25) is 0 Å². The summed E-state index contributed by atoms with van der Waals surface area (Å²) in [4.78, 5) is 24.7. The van der Waals surface area contributed by atoms with Crippen LogP contribution >= 0.6 is 0 Å². The molecule has 0 radical (unpaired) electrons. The minimum Gasteiger partial charge on any atom is -0.511 e. The molecule has 1 amide bonds. The van der Waals surface area contributed by atoms with Gasteiger partial charge in [-0.3, -0.25) is 4.79 Å². The van der Waals surface area contributed by atoms with Gasteiger partial charge < -0.3 is 14.6 Å². The molecule has 140 valence electrons. The number of amides is 1. The van der Waals surface area contributed by atoms with Crippen molar-refractivity contribution in [2.75, 3.05) is 20.3 Å². The van der Waals surface area contributed by atoms with Crippen LogP contribution in [0.4, 0.5) is 4.79 Å². The summed E-state index contributed by atoms with van der Waals surface area (Å²) in [5, 5.41) is 15.9. The Balaban J connectivity index is 2.29. The molecule has 0 aromatic rings. The van der Waals surface area contributed by atoms with Crippen molar-refractivity contribution in [1.29, 1.82) is 0 Å². The van der Waals surface area contributed by atoms with E-state index in [2.05, 4.69) is 5.10 Å². The van der Waals surface area contributed by atoms with Crippen molar-refractivity contribution < 1.29 is 24.2 Å². The maximum absolute atomic E-state index is 12.4. The average molecular weight is 352 g/mol. The maximum atomic E-state index is 12.4. The van der Waals surface area contributed by atoms with Gasteiger partial charge in [-0.2, -0.15) is 10.1 Å². The summed E-state index contributed by atoms with van der Waals surface area (Å²) in [5.74, 6) is 0.0702. The van der Waals surface area contributed by atoms with Crippen LogP contribution in [0.3, 0.4) is 0 Å². The van der Waals surface area contributed by atoms with E-state index < -0.39 is 11.7 Å². The smallest absolute Gasteiger partial charge is 0.430 e. The highest BCUT2D eigenvalue weighted by Crippen LogP contribution is 2.38. The summed E-state index contributed by atoms with van der Waals surface area (Å²) in [5.41, 5.74) is 0.0992. The van der Waals surface area contributed by atoms with E-state index in [1.165, 1.54) is 12.1 Å². The Morgan fingerprint density at radius 2 is 2.00 bits per heavy atom. The Bertz CT molecular complexity index is 585. The fourth-order valence-electron chi connectivity index (χ4n) is 2.60. The molecule has 0 heterocycles. The lowest BCUT2D eigenvalue weighted by molar-refractivity contribution is -0.115. The zero-order valence-corrected chi connectivity index (χ0v) is 15.5. The van der Waals surface area contributed by atoms with Gasteiger partial charge in [-0.25, -0.2) is 4.79 Å². The second kappa shape index (κ2) is 7.99. The maximum Gasteiger partial charge on any atom is 0.430 e. The number of allylic oxidation sites excluding steroid dienone is 2. The first-order valence-corrected chi connectivity index (χ1v) is 8.76. The molecule has 2 rings (SSSR count). The SMILES string of the molecule is COCCN(N=C1CCCC(=O)C1=C(O)C1CC1)C(=O)OC(C)(C)C. The summed E-state index contributed by atoms with van der Waals surface area (Å²) in [6.07, 6.45) is 2.77. The number of nitrogens with zero attached hydrogens (tertiary/aromatic N) is 2. The van der Waals surface area contributed by atoms with E-state index >= 15 is 0 Å². The normalized spacial score (nSPS) is 22.1. The summed E-state index contributed by atoms with van der Waals surface area (Å²) < 4.78 is 10.4. The third-order valence-corrected chi connectivity index (χ3v) is 3.96. The molecule has 0 aliphatic heterocycles. The van der Waals surface area contributed by atoms with Crippen LogP contribution in [0, 0.1) is 5.92 Å². The lowest BCUT2D eigenvalue weighted by atomic mass is 9.89. The summed E-state index contributed by atoms with van der Waals surface area (Å²) in [7, 11) is 1.54. The van der Waals surface area contributed by atoms with Gasteiger partial charge in [0.05, 0.1) is 24.4 Å². The summed E-state index contributed by atoms with van der Waals surface area (Å²) >= 11 is 0. The van der Waals surface area contributed by atoms with E-state index in [4.69, 9.17) is 9.47 Å². The number of hydrogen-bond acceptors (Lipinski definition) is 6. The van der Waals surface area contributed by atoms with Crippen LogP contribution in [0.5, 0.6) is 0 Å². The molecule has 2 fully saturated rings.